The van der Waals surface area contributed by atoms with Crippen molar-refractivity contribution in [1.29, 1.82) is 0 Å². The number of alkyl halides is 2. The predicted octanol–water partition coefficient (Wildman–Crippen LogP) is 4.00. The predicted molar refractivity (Wildman–Crippen MR) is 92.2 cm³/mol. The number of ether oxygens (including phenoxy) is 1. The summed E-state index contributed by atoms with van der Waals surface area (Å²) in [5.74, 6) is -0.697. The van der Waals surface area contributed by atoms with E-state index in [9.17, 15) is 13.6 Å². The van der Waals surface area contributed by atoms with Crippen molar-refractivity contribution in [1.82, 2.24) is 14.8 Å². The molecule has 130 valence electrons. The van der Waals surface area contributed by atoms with E-state index in [-0.39, 0.29) is 16.6 Å². The molecular weight excluding hydrogens is 418 g/mol. The second-order valence-corrected chi connectivity index (χ2v) is 6.67. The molecule has 10 heteroatoms. The molecule has 0 saturated carbocycles. The molecule has 0 unspecified atom stereocenters. The Kier molecular flexibility index (Phi) is 5.39. The van der Waals surface area contributed by atoms with Gasteiger partial charge in [-0.15, -0.1) is 16.4 Å². The van der Waals surface area contributed by atoms with E-state index >= 15 is 0 Å². The Labute approximate surface area is 153 Å². The zero-order chi connectivity index (χ0) is 17.8. The van der Waals surface area contributed by atoms with Gasteiger partial charge in [0.25, 0.3) is 5.91 Å². The Morgan fingerprint density at radius 1 is 1.32 bits per heavy atom. The fourth-order valence-corrected chi connectivity index (χ4v) is 3.00. The topological polar surface area (TPSA) is 69.0 Å². The van der Waals surface area contributed by atoms with E-state index in [0.29, 0.717) is 6.54 Å². The summed E-state index contributed by atoms with van der Waals surface area (Å²) >= 11 is 4.36. The van der Waals surface area contributed by atoms with Gasteiger partial charge in [0.05, 0.1) is 6.54 Å². The van der Waals surface area contributed by atoms with Crippen LogP contribution in [0.1, 0.15) is 15.2 Å². The molecule has 1 aromatic carbocycles. The fraction of sp³-hybridized carbons (Fsp3) is 0.133. The number of hydrogen-bond donors (Lipinski definition) is 1. The molecule has 0 radical (unpaired) electrons. The number of amides is 1. The Balaban J connectivity index is 1.66. The molecule has 3 aromatic rings. The quantitative estimate of drug-likeness (QED) is 0.643. The molecule has 0 aliphatic rings. The molecule has 0 fully saturated rings. The van der Waals surface area contributed by atoms with Crippen molar-refractivity contribution < 1.29 is 18.3 Å². The van der Waals surface area contributed by atoms with Gasteiger partial charge in [-0.1, -0.05) is 28.1 Å². The molecule has 0 bridgehead atoms. The van der Waals surface area contributed by atoms with E-state index in [1.165, 1.54) is 17.8 Å². The molecule has 0 spiro atoms. The van der Waals surface area contributed by atoms with Crippen LogP contribution in [0.2, 0.25) is 0 Å². The third-order valence-corrected chi connectivity index (χ3v) is 4.49. The SMILES string of the molecule is O=C(Nc1ncn(Cc2ccc(Br)cc2)n1)c1sccc1OC(F)F. The highest BCUT2D eigenvalue weighted by Gasteiger charge is 2.18. The lowest BCUT2D eigenvalue weighted by atomic mass is 10.2. The zero-order valence-corrected chi connectivity index (χ0v) is 14.9. The van der Waals surface area contributed by atoms with E-state index in [4.69, 9.17) is 0 Å². The number of carbonyl (C=O) groups is 1. The Morgan fingerprint density at radius 2 is 2.08 bits per heavy atom. The first-order valence-corrected chi connectivity index (χ1v) is 8.66. The van der Waals surface area contributed by atoms with Gasteiger partial charge in [0, 0.05) is 4.47 Å². The third kappa shape index (κ3) is 4.60. The second kappa shape index (κ2) is 7.70. The average Bonchev–Trinajstić information content (AvgIpc) is 3.18. The summed E-state index contributed by atoms with van der Waals surface area (Å²) in [6, 6.07) is 9.01. The summed E-state index contributed by atoms with van der Waals surface area (Å²) in [6.07, 6.45) is 1.47. The molecule has 0 aliphatic carbocycles. The van der Waals surface area contributed by atoms with E-state index in [2.05, 4.69) is 36.1 Å². The maximum Gasteiger partial charge on any atom is 0.387 e. The summed E-state index contributed by atoms with van der Waals surface area (Å²) in [4.78, 5) is 16.2. The number of hydrogen-bond acceptors (Lipinski definition) is 5. The van der Waals surface area contributed by atoms with Crippen molar-refractivity contribution in [3.63, 3.8) is 0 Å². The summed E-state index contributed by atoms with van der Waals surface area (Å²) < 4.78 is 31.5. The molecule has 1 N–H and O–H groups in total. The van der Waals surface area contributed by atoms with Crippen molar-refractivity contribution in [2.24, 2.45) is 0 Å². The van der Waals surface area contributed by atoms with Crippen LogP contribution in [-0.2, 0) is 6.54 Å². The standard InChI is InChI=1S/C15H11BrF2N4O2S/c16-10-3-1-9(2-4-10)7-22-8-19-15(21-22)20-13(23)12-11(5-6-25-12)24-14(17)18/h1-6,8,14H,7H2,(H,20,21,23). The minimum absolute atomic E-state index is 0.0320. The van der Waals surface area contributed by atoms with Crippen molar-refractivity contribution in [2.75, 3.05) is 5.32 Å². The monoisotopic (exact) mass is 428 g/mol. The summed E-state index contributed by atoms with van der Waals surface area (Å²) in [7, 11) is 0. The van der Waals surface area contributed by atoms with Crippen LogP contribution in [0.5, 0.6) is 5.75 Å². The largest absolute Gasteiger partial charge is 0.433 e. The first-order valence-electron chi connectivity index (χ1n) is 6.99. The molecule has 0 atom stereocenters. The van der Waals surface area contributed by atoms with Crippen LogP contribution >= 0.6 is 27.3 Å². The van der Waals surface area contributed by atoms with Crippen LogP contribution < -0.4 is 10.1 Å². The molecule has 25 heavy (non-hydrogen) atoms. The highest BCUT2D eigenvalue weighted by atomic mass is 79.9. The number of nitrogens with zero attached hydrogens (tertiary/aromatic N) is 3. The van der Waals surface area contributed by atoms with Gasteiger partial charge in [-0.2, -0.15) is 8.78 Å². The highest BCUT2D eigenvalue weighted by molar-refractivity contribution is 9.10. The highest BCUT2D eigenvalue weighted by Crippen LogP contribution is 2.27. The summed E-state index contributed by atoms with van der Waals surface area (Å²) in [6.45, 7) is -2.51. The van der Waals surface area contributed by atoms with Crippen LogP contribution in [0.25, 0.3) is 0 Å². The average molecular weight is 429 g/mol. The number of carbonyl (C=O) groups excluding carboxylic acids is 1. The van der Waals surface area contributed by atoms with Crippen LogP contribution in [-0.4, -0.2) is 27.3 Å². The van der Waals surface area contributed by atoms with E-state index < -0.39 is 12.5 Å². The number of aromatic nitrogens is 3. The number of benzene rings is 1. The molecule has 6 nitrogen and oxygen atoms in total. The van der Waals surface area contributed by atoms with Crippen molar-refractivity contribution >= 4 is 39.1 Å². The number of halogens is 3. The van der Waals surface area contributed by atoms with Crippen LogP contribution in [0.15, 0.2) is 46.5 Å². The number of anilines is 1. The molecular formula is C15H11BrF2N4O2S. The summed E-state index contributed by atoms with van der Waals surface area (Å²) in [5.41, 5.74) is 1.01. The normalized spacial score (nSPS) is 10.9. The minimum atomic E-state index is -3.00. The third-order valence-electron chi connectivity index (χ3n) is 3.07. The molecule has 2 heterocycles. The van der Waals surface area contributed by atoms with Crippen LogP contribution in [0, 0.1) is 0 Å². The van der Waals surface area contributed by atoms with Gasteiger partial charge >= 0.3 is 6.61 Å². The van der Waals surface area contributed by atoms with Crippen LogP contribution in [0.3, 0.4) is 0 Å². The maximum absolute atomic E-state index is 12.3. The molecule has 3 rings (SSSR count). The van der Waals surface area contributed by atoms with E-state index in [1.54, 1.807) is 4.68 Å². The van der Waals surface area contributed by atoms with Gasteiger partial charge in [0.1, 0.15) is 17.0 Å². The summed E-state index contributed by atoms with van der Waals surface area (Å²) in [5, 5.41) is 8.11. The van der Waals surface area contributed by atoms with Gasteiger partial charge in [0.15, 0.2) is 0 Å². The molecule has 2 aromatic heterocycles. The smallest absolute Gasteiger partial charge is 0.387 e. The Bertz CT molecular complexity index is 867. The molecule has 0 aliphatic heterocycles. The Hall–Kier alpha value is -2.33. The number of thiophene rings is 1. The fourth-order valence-electron chi connectivity index (χ4n) is 2.02. The van der Waals surface area contributed by atoms with Crippen molar-refractivity contribution in [2.45, 2.75) is 13.2 Å². The lowest BCUT2D eigenvalue weighted by Gasteiger charge is -2.05. The van der Waals surface area contributed by atoms with Crippen molar-refractivity contribution in [3.8, 4) is 5.75 Å². The van der Waals surface area contributed by atoms with Crippen LogP contribution in [0.4, 0.5) is 14.7 Å². The van der Waals surface area contributed by atoms with Gasteiger partial charge in [-0.25, -0.2) is 9.67 Å². The molecule has 0 saturated heterocycles. The minimum Gasteiger partial charge on any atom is -0.433 e. The van der Waals surface area contributed by atoms with E-state index in [1.807, 2.05) is 24.3 Å². The van der Waals surface area contributed by atoms with Gasteiger partial charge < -0.3 is 4.74 Å². The zero-order valence-electron chi connectivity index (χ0n) is 12.5. The number of rotatable bonds is 6. The lowest BCUT2D eigenvalue weighted by molar-refractivity contribution is -0.0498. The first kappa shape index (κ1) is 17.5. The van der Waals surface area contributed by atoms with Crippen molar-refractivity contribution in [3.05, 3.63) is 57.0 Å². The second-order valence-electron chi connectivity index (χ2n) is 4.84. The maximum atomic E-state index is 12.3. The lowest BCUT2D eigenvalue weighted by Crippen LogP contribution is -2.14. The van der Waals surface area contributed by atoms with Gasteiger partial charge in [0.2, 0.25) is 5.95 Å². The van der Waals surface area contributed by atoms with Gasteiger partial charge in [-0.3, -0.25) is 10.1 Å². The first-order chi connectivity index (χ1) is 12.0. The number of nitrogens with one attached hydrogen (secondary N) is 1. The van der Waals surface area contributed by atoms with E-state index in [0.717, 1.165) is 21.4 Å². The molecule has 1 amide bonds. The Morgan fingerprint density at radius 3 is 2.80 bits per heavy atom. The van der Waals surface area contributed by atoms with Gasteiger partial charge in [-0.05, 0) is 29.1 Å².